The molecule has 3 aromatic rings. The van der Waals surface area contributed by atoms with Crippen LogP contribution in [-0.2, 0) is 4.79 Å². The summed E-state index contributed by atoms with van der Waals surface area (Å²) < 4.78 is 15.3. The third kappa shape index (κ3) is 4.97. The standard InChI is InChI=1S/C23H26FN5OS/c1-27-14-12-19(13-15-27)28(2)21(30)16-31-23-26-25-22(17-8-10-18(24)11-9-17)29(23)20-6-4-3-5-7-20/h3-11,19H,12-16H2,1-2H3. The Morgan fingerprint density at radius 3 is 2.45 bits per heavy atom. The van der Waals surface area contributed by atoms with Crippen LogP contribution in [0.3, 0.4) is 0 Å². The topological polar surface area (TPSA) is 54.3 Å². The zero-order valence-electron chi connectivity index (χ0n) is 17.7. The van der Waals surface area contributed by atoms with Gasteiger partial charge in [-0.1, -0.05) is 30.0 Å². The fraction of sp³-hybridized carbons (Fsp3) is 0.348. The summed E-state index contributed by atoms with van der Waals surface area (Å²) in [5.41, 5.74) is 1.66. The highest BCUT2D eigenvalue weighted by atomic mass is 32.2. The van der Waals surface area contributed by atoms with Crippen LogP contribution in [0.1, 0.15) is 12.8 Å². The van der Waals surface area contributed by atoms with Crippen molar-refractivity contribution in [2.45, 2.75) is 24.0 Å². The van der Waals surface area contributed by atoms with Crippen molar-refractivity contribution in [3.8, 4) is 17.1 Å². The number of benzene rings is 2. The largest absolute Gasteiger partial charge is 0.342 e. The van der Waals surface area contributed by atoms with Gasteiger partial charge in [0.15, 0.2) is 11.0 Å². The maximum Gasteiger partial charge on any atom is 0.233 e. The number of aromatic nitrogens is 3. The smallest absolute Gasteiger partial charge is 0.233 e. The zero-order chi connectivity index (χ0) is 21.8. The van der Waals surface area contributed by atoms with Crippen molar-refractivity contribution < 1.29 is 9.18 Å². The average molecular weight is 440 g/mol. The number of rotatable bonds is 6. The third-order valence-electron chi connectivity index (χ3n) is 5.70. The Bertz CT molecular complexity index is 1020. The molecule has 0 radical (unpaired) electrons. The summed E-state index contributed by atoms with van der Waals surface area (Å²) in [6.07, 6.45) is 2.00. The molecule has 0 N–H and O–H groups in total. The average Bonchev–Trinajstić information content (AvgIpc) is 3.22. The quantitative estimate of drug-likeness (QED) is 0.548. The summed E-state index contributed by atoms with van der Waals surface area (Å²) in [5, 5.41) is 9.34. The molecule has 1 aliphatic heterocycles. The molecule has 1 aromatic heterocycles. The van der Waals surface area contributed by atoms with Crippen LogP contribution in [0.15, 0.2) is 59.8 Å². The first-order valence-corrected chi connectivity index (χ1v) is 11.4. The summed E-state index contributed by atoms with van der Waals surface area (Å²) in [7, 11) is 4.01. The van der Waals surface area contributed by atoms with Gasteiger partial charge in [0.25, 0.3) is 0 Å². The maximum absolute atomic E-state index is 13.4. The van der Waals surface area contributed by atoms with E-state index in [1.165, 1.54) is 23.9 Å². The second-order valence-electron chi connectivity index (χ2n) is 7.81. The highest BCUT2D eigenvalue weighted by molar-refractivity contribution is 7.99. The first-order valence-electron chi connectivity index (χ1n) is 10.4. The number of thioether (sulfide) groups is 1. The molecule has 2 aromatic carbocycles. The fourth-order valence-electron chi connectivity index (χ4n) is 3.77. The Morgan fingerprint density at radius 2 is 1.77 bits per heavy atom. The van der Waals surface area contributed by atoms with Gasteiger partial charge < -0.3 is 9.80 Å². The summed E-state index contributed by atoms with van der Waals surface area (Å²) in [6.45, 7) is 2.03. The molecule has 162 valence electrons. The summed E-state index contributed by atoms with van der Waals surface area (Å²) >= 11 is 1.38. The number of para-hydroxylation sites is 1. The second-order valence-corrected chi connectivity index (χ2v) is 8.75. The highest BCUT2D eigenvalue weighted by Gasteiger charge is 2.25. The minimum atomic E-state index is -0.299. The normalized spacial score (nSPS) is 15.2. The lowest BCUT2D eigenvalue weighted by molar-refractivity contribution is -0.129. The second kappa shape index (κ2) is 9.62. The Kier molecular flexibility index (Phi) is 6.67. The number of nitrogens with zero attached hydrogens (tertiary/aromatic N) is 5. The minimum Gasteiger partial charge on any atom is -0.342 e. The predicted molar refractivity (Wildman–Crippen MR) is 121 cm³/mol. The summed E-state index contributed by atoms with van der Waals surface area (Å²) in [6, 6.07) is 16.2. The summed E-state index contributed by atoms with van der Waals surface area (Å²) in [4.78, 5) is 17.0. The number of likely N-dealkylation sites (tertiary alicyclic amines) is 1. The molecule has 2 heterocycles. The molecule has 0 saturated carbocycles. The molecule has 8 heteroatoms. The van der Waals surface area contributed by atoms with Crippen molar-refractivity contribution in [3.63, 3.8) is 0 Å². The van der Waals surface area contributed by atoms with Gasteiger partial charge in [0.2, 0.25) is 5.91 Å². The van der Waals surface area contributed by atoms with E-state index in [9.17, 15) is 9.18 Å². The number of halogens is 1. The lowest BCUT2D eigenvalue weighted by atomic mass is 10.0. The molecule has 1 saturated heterocycles. The Balaban J connectivity index is 1.54. The number of carbonyl (C=O) groups is 1. The number of carbonyl (C=O) groups excluding carboxylic acids is 1. The van der Waals surface area contributed by atoms with Crippen molar-refractivity contribution in [1.82, 2.24) is 24.6 Å². The van der Waals surface area contributed by atoms with Crippen LogP contribution in [0.4, 0.5) is 4.39 Å². The molecule has 1 aliphatic rings. The van der Waals surface area contributed by atoms with Gasteiger partial charge in [0, 0.05) is 24.3 Å². The van der Waals surface area contributed by atoms with Crippen LogP contribution >= 0.6 is 11.8 Å². The van der Waals surface area contributed by atoms with Gasteiger partial charge in [-0.25, -0.2) is 4.39 Å². The van der Waals surface area contributed by atoms with E-state index < -0.39 is 0 Å². The lowest BCUT2D eigenvalue weighted by Gasteiger charge is -2.35. The minimum absolute atomic E-state index is 0.0884. The third-order valence-corrected chi connectivity index (χ3v) is 6.62. The highest BCUT2D eigenvalue weighted by Crippen LogP contribution is 2.28. The van der Waals surface area contributed by atoms with Gasteiger partial charge in [-0.3, -0.25) is 9.36 Å². The van der Waals surface area contributed by atoms with Crippen molar-refractivity contribution in [1.29, 1.82) is 0 Å². The van der Waals surface area contributed by atoms with E-state index in [0.717, 1.165) is 37.2 Å². The maximum atomic E-state index is 13.4. The Hall–Kier alpha value is -2.71. The molecule has 0 atom stereocenters. The molecule has 31 heavy (non-hydrogen) atoms. The van der Waals surface area contributed by atoms with E-state index in [-0.39, 0.29) is 23.5 Å². The van der Waals surface area contributed by atoms with Crippen LogP contribution in [0.25, 0.3) is 17.1 Å². The van der Waals surface area contributed by atoms with Crippen molar-refractivity contribution >= 4 is 17.7 Å². The van der Waals surface area contributed by atoms with E-state index in [1.807, 2.05) is 46.8 Å². The number of amides is 1. The van der Waals surface area contributed by atoms with Crippen molar-refractivity contribution in [2.24, 2.45) is 0 Å². The van der Waals surface area contributed by atoms with Crippen molar-refractivity contribution in [3.05, 3.63) is 60.4 Å². The molecular weight excluding hydrogens is 413 g/mol. The number of piperidine rings is 1. The van der Waals surface area contributed by atoms with Gasteiger partial charge >= 0.3 is 0 Å². The first-order chi connectivity index (χ1) is 15.0. The van der Waals surface area contributed by atoms with Gasteiger partial charge in [-0.05, 0) is 69.4 Å². The van der Waals surface area contributed by atoms with E-state index in [1.54, 1.807) is 12.1 Å². The SMILES string of the molecule is CN1CCC(N(C)C(=O)CSc2nnc(-c3ccc(F)cc3)n2-c2ccccc2)CC1. The van der Waals surface area contributed by atoms with E-state index >= 15 is 0 Å². The van der Waals surface area contributed by atoms with Gasteiger partial charge in [0.05, 0.1) is 5.75 Å². The van der Waals surface area contributed by atoms with Crippen LogP contribution in [-0.4, -0.2) is 69.5 Å². The molecule has 1 amide bonds. The Labute approximate surface area is 186 Å². The molecular formula is C23H26FN5OS. The monoisotopic (exact) mass is 439 g/mol. The predicted octanol–water partition coefficient (Wildman–Crippen LogP) is 3.72. The van der Waals surface area contributed by atoms with Gasteiger partial charge in [0.1, 0.15) is 5.82 Å². The molecule has 0 unspecified atom stereocenters. The molecule has 0 aliphatic carbocycles. The van der Waals surface area contributed by atoms with Crippen LogP contribution < -0.4 is 0 Å². The molecule has 6 nitrogen and oxygen atoms in total. The Morgan fingerprint density at radius 1 is 1.10 bits per heavy atom. The molecule has 1 fully saturated rings. The van der Waals surface area contributed by atoms with Crippen LogP contribution in [0.5, 0.6) is 0 Å². The van der Waals surface area contributed by atoms with Gasteiger partial charge in [-0.2, -0.15) is 0 Å². The fourth-order valence-corrected chi connectivity index (χ4v) is 4.65. The molecule has 0 spiro atoms. The first kappa shape index (κ1) is 21.5. The molecule has 4 rings (SSSR count). The van der Waals surface area contributed by atoms with Crippen molar-refractivity contribution in [2.75, 3.05) is 32.9 Å². The van der Waals surface area contributed by atoms with E-state index in [2.05, 4.69) is 22.1 Å². The number of hydrogen-bond acceptors (Lipinski definition) is 5. The van der Waals surface area contributed by atoms with E-state index in [0.29, 0.717) is 11.0 Å². The van der Waals surface area contributed by atoms with Crippen LogP contribution in [0, 0.1) is 5.82 Å². The molecule has 0 bridgehead atoms. The van der Waals surface area contributed by atoms with Crippen LogP contribution in [0.2, 0.25) is 0 Å². The van der Waals surface area contributed by atoms with E-state index in [4.69, 9.17) is 0 Å². The lowest BCUT2D eigenvalue weighted by Crippen LogP contribution is -2.45. The van der Waals surface area contributed by atoms with Gasteiger partial charge in [-0.15, -0.1) is 10.2 Å². The number of hydrogen-bond donors (Lipinski definition) is 0. The summed E-state index contributed by atoms with van der Waals surface area (Å²) in [5.74, 6) is 0.694. The zero-order valence-corrected chi connectivity index (χ0v) is 18.6.